The molecule has 5 nitrogen and oxygen atoms in total. The number of nitrogens with one attached hydrogen (secondary N) is 1. The Morgan fingerprint density at radius 3 is 2.66 bits per heavy atom. The van der Waals surface area contributed by atoms with Crippen LogP contribution in [0.25, 0.3) is 33.3 Å². The number of hydrogen-bond donors (Lipinski definition) is 1. The van der Waals surface area contributed by atoms with E-state index in [1.165, 1.54) is 0 Å². The second-order valence-electron chi connectivity index (χ2n) is 6.39. The Hall–Kier alpha value is -3.35. The lowest BCUT2D eigenvalue weighted by atomic mass is 10.1. The van der Waals surface area contributed by atoms with Gasteiger partial charge in [0, 0.05) is 16.1 Å². The minimum Gasteiger partial charge on any atom is -0.340 e. The Bertz CT molecular complexity index is 1340. The molecule has 0 aliphatic carbocycles. The zero-order valence-corrected chi connectivity index (χ0v) is 16.7. The van der Waals surface area contributed by atoms with Crippen molar-refractivity contribution in [2.75, 3.05) is 5.32 Å². The van der Waals surface area contributed by atoms with E-state index in [0.717, 1.165) is 48.9 Å². The number of pyridine rings is 1. The average Bonchev–Trinajstić information content (AvgIpc) is 3.21. The van der Waals surface area contributed by atoms with E-state index in [-0.39, 0.29) is 0 Å². The first-order valence-electron chi connectivity index (χ1n) is 8.89. The summed E-state index contributed by atoms with van der Waals surface area (Å²) in [5.74, 6) is 0.738. The number of rotatable bonds is 4. The molecule has 0 saturated carbocycles. The number of hydrogen-bond acceptors (Lipinski definition) is 6. The zero-order chi connectivity index (χ0) is 19.6. The summed E-state index contributed by atoms with van der Waals surface area (Å²) in [5.41, 5.74) is 6.45. The van der Waals surface area contributed by atoms with Gasteiger partial charge in [-0.05, 0) is 48.0 Å². The van der Waals surface area contributed by atoms with E-state index in [0.29, 0.717) is 0 Å². The normalized spacial score (nSPS) is 11.5. The van der Waals surface area contributed by atoms with Gasteiger partial charge in [-0.15, -0.1) is 11.3 Å². The zero-order valence-electron chi connectivity index (χ0n) is 15.1. The van der Waals surface area contributed by atoms with Gasteiger partial charge in [0.25, 0.3) is 0 Å². The van der Waals surface area contributed by atoms with E-state index in [2.05, 4.69) is 31.3 Å². The van der Waals surface area contributed by atoms with Crippen LogP contribution in [0.15, 0.2) is 66.6 Å². The molecule has 2 aromatic carbocycles. The van der Waals surface area contributed by atoms with E-state index < -0.39 is 0 Å². The molecule has 0 saturated heterocycles. The van der Waals surface area contributed by atoms with Gasteiger partial charge in [0.15, 0.2) is 0 Å². The van der Waals surface area contributed by atoms with E-state index in [4.69, 9.17) is 11.6 Å². The molecule has 3 aromatic heterocycles. The first-order chi connectivity index (χ1) is 14.2. The molecule has 0 aliphatic rings. The average molecular weight is 416 g/mol. The Morgan fingerprint density at radius 1 is 0.862 bits per heavy atom. The van der Waals surface area contributed by atoms with Crippen LogP contribution in [0.4, 0.5) is 11.5 Å². The van der Waals surface area contributed by atoms with Gasteiger partial charge in [-0.25, -0.2) is 15.0 Å². The highest BCUT2D eigenvalue weighted by molar-refractivity contribution is 7.16. The molecule has 0 atom stereocenters. The van der Waals surface area contributed by atoms with Crippen LogP contribution in [-0.2, 0) is 0 Å². The highest BCUT2D eigenvalue weighted by atomic mass is 35.5. The lowest BCUT2D eigenvalue weighted by Gasteiger charge is -2.08. The van der Waals surface area contributed by atoms with Gasteiger partial charge in [-0.2, -0.15) is 0 Å². The summed E-state index contributed by atoms with van der Waals surface area (Å²) in [7, 11) is 0. The van der Waals surface area contributed by atoms with E-state index in [1.807, 2.05) is 60.1 Å². The number of aromatic nitrogens is 4. The molecule has 0 unspecified atom stereocenters. The molecule has 1 N–H and O–H groups in total. The Labute approximate surface area is 175 Å². The summed E-state index contributed by atoms with van der Waals surface area (Å²) in [6.45, 7) is 0. The number of anilines is 2. The fourth-order valence-corrected chi connectivity index (χ4v) is 3.83. The quantitative estimate of drug-likeness (QED) is 0.378. The van der Waals surface area contributed by atoms with Crippen molar-refractivity contribution in [2.45, 2.75) is 0 Å². The third-order valence-electron chi connectivity index (χ3n) is 4.45. The Balaban J connectivity index is 1.48. The van der Waals surface area contributed by atoms with Gasteiger partial charge in [0.1, 0.15) is 12.1 Å². The van der Waals surface area contributed by atoms with Crippen LogP contribution in [0.3, 0.4) is 0 Å². The molecule has 5 aromatic rings. The number of thiazole rings is 1. The van der Waals surface area contributed by atoms with Crippen LogP contribution in [-0.4, -0.2) is 19.9 Å². The first kappa shape index (κ1) is 17.7. The van der Waals surface area contributed by atoms with Gasteiger partial charge in [-0.3, -0.25) is 4.98 Å². The molecule has 7 heteroatoms. The molecule has 29 heavy (non-hydrogen) atoms. The third-order valence-corrected chi connectivity index (χ3v) is 5.50. The van der Waals surface area contributed by atoms with Crippen LogP contribution in [0.1, 0.15) is 11.3 Å². The van der Waals surface area contributed by atoms with Crippen molar-refractivity contribution in [3.8, 4) is 0 Å². The standard InChI is InChI=1S/C22H14ClN5S/c23-15-4-1-14(2-5-15)3-6-16-9-18-20(11-24-16)25-12-26-22(18)28-17-7-8-19-21(10-17)29-13-27-19/h1-13H,(H,25,26,28)/b6-3+. The predicted molar refractivity (Wildman–Crippen MR) is 121 cm³/mol. The minimum absolute atomic E-state index is 0.718. The molecule has 0 radical (unpaired) electrons. The van der Waals surface area contributed by atoms with Gasteiger partial charge in [0.2, 0.25) is 0 Å². The number of benzene rings is 2. The third kappa shape index (κ3) is 3.81. The maximum Gasteiger partial charge on any atom is 0.141 e. The highest BCUT2D eigenvalue weighted by Gasteiger charge is 2.07. The van der Waals surface area contributed by atoms with E-state index in [1.54, 1.807) is 23.9 Å². The van der Waals surface area contributed by atoms with Crippen molar-refractivity contribution in [2.24, 2.45) is 0 Å². The van der Waals surface area contributed by atoms with Crippen LogP contribution in [0.2, 0.25) is 5.02 Å². The fraction of sp³-hybridized carbons (Fsp3) is 0. The first-order valence-corrected chi connectivity index (χ1v) is 10.1. The molecule has 0 fully saturated rings. The van der Waals surface area contributed by atoms with Crippen molar-refractivity contribution in [1.82, 2.24) is 19.9 Å². The molecular weight excluding hydrogens is 402 g/mol. The Morgan fingerprint density at radius 2 is 1.76 bits per heavy atom. The number of nitrogens with zero attached hydrogens (tertiary/aromatic N) is 4. The molecular formula is C22H14ClN5S. The van der Waals surface area contributed by atoms with Gasteiger partial charge >= 0.3 is 0 Å². The van der Waals surface area contributed by atoms with Crippen LogP contribution in [0.5, 0.6) is 0 Å². The number of fused-ring (bicyclic) bond motifs is 2. The topological polar surface area (TPSA) is 63.6 Å². The highest BCUT2D eigenvalue weighted by Crippen LogP contribution is 2.27. The maximum atomic E-state index is 5.94. The molecule has 0 spiro atoms. The van der Waals surface area contributed by atoms with Crippen molar-refractivity contribution < 1.29 is 0 Å². The summed E-state index contributed by atoms with van der Waals surface area (Å²) >= 11 is 7.56. The summed E-state index contributed by atoms with van der Waals surface area (Å²) in [6.07, 6.45) is 7.26. The monoisotopic (exact) mass is 415 g/mol. The molecule has 5 rings (SSSR count). The summed E-state index contributed by atoms with van der Waals surface area (Å²) < 4.78 is 1.13. The van der Waals surface area contributed by atoms with Crippen molar-refractivity contribution in [1.29, 1.82) is 0 Å². The maximum absolute atomic E-state index is 5.94. The van der Waals surface area contributed by atoms with Crippen molar-refractivity contribution >= 4 is 67.7 Å². The molecule has 0 bridgehead atoms. The van der Waals surface area contributed by atoms with Crippen LogP contribution < -0.4 is 5.32 Å². The summed E-state index contributed by atoms with van der Waals surface area (Å²) in [4.78, 5) is 17.6. The van der Waals surface area contributed by atoms with Gasteiger partial charge < -0.3 is 5.32 Å². The fourth-order valence-electron chi connectivity index (χ4n) is 2.99. The van der Waals surface area contributed by atoms with Gasteiger partial charge in [-0.1, -0.05) is 29.8 Å². The number of halogens is 1. The predicted octanol–water partition coefficient (Wildman–Crippen LogP) is 6.20. The van der Waals surface area contributed by atoms with Crippen LogP contribution >= 0.6 is 22.9 Å². The van der Waals surface area contributed by atoms with E-state index in [9.17, 15) is 0 Å². The summed E-state index contributed by atoms with van der Waals surface area (Å²) in [6, 6.07) is 15.7. The molecule has 140 valence electrons. The Kier molecular flexibility index (Phi) is 4.63. The lowest BCUT2D eigenvalue weighted by molar-refractivity contribution is 1.20. The van der Waals surface area contributed by atoms with Crippen molar-refractivity contribution in [3.05, 3.63) is 82.8 Å². The molecule has 0 aliphatic heterocycles. The van der Waals surface area contributed by atoms with E-state index >= 15 is 0 Å². The van der Waals surface area contributed by atoms with Gasteiger partial charge in [0.05, 0.1) is 33.1 Å². The molecule has 0 amide bonds. The smallest absolute Gasteiger partial charge is 0.141 e. The molecule has 3 heterocycles. The SMILES string of the molecule is Clc1ccc(/C=C/c2cc3c(Nc4ccc5ncsc5c4)ncnc3cn2)cc1. The second kappa shape index (κ2) is 7.58. The van der Waals surface area contributed by atoms with Crippen molar-refractivity contribution in [3.63, 3.8) is 0 Å². The minimum atomic E-state index is 0.718. The summed E-state index contributed by atoms with van der Waals surface area (Å²) in [5, 5.41) is 5.02. The lowest BCUT2D eigenvalue weighted by Crippen LogP contribution is -1.97. The largest absolute Gasteiger partial charge is 0.340 e. The van der Waals surface area contributed by atoms with Crippen LogP contribution in [0, 0.1) is 0 Å². The second-order valence-corrected chi connectivity index (χ2v) is 7.72.